The minimum Gasteiger partial charge on any atom is -0.496 e. The van der Waals surface area contributed by atoms with Gasteiger partial charge < -0.3 is 18.9 Å². The Hall–Kier alpha value is -4.62. The first-order chi connectivity index (χ1) is 29.8. The minimum absolute atomic E-state index is 0.110. The molecule has 0 heterocycles. The Morgan fingerprint density at radius 1 is 0.403 bits per heavy atom. The van der Waals surface area contributed by atoms with Crippen molar-refractivity contribution < 1.29 is 18.9 Å². The molecule has 0 aliphatic rings. The fourth-order valence-electron chi connectivity index (χ4n) is 10.6. The van der Waals surface area contributed by atoms with Crippen LogP contribution in [0.4, 0.5) is 0 Å². The first-order valence-corrected chi connectivity index (χ1v) is 24.9. The van der Waals surface area contributed by atoms with Crippen molar-refractivity contribution in [1.29, 1.82) is 0 Å². The van der Waals surface area contributed by atoms with Gasteiger partial charge in [-0.15, -0.1) is 0 Å². The number of aryl methyl sites for hydroxylation is 8. The number of methoxy groups -OCH3 is 4. The van der Waals surface area contributed by atoms with Crippen LogP contribution in [0.3, 0.4) is 0 Å². The highest BCUT2D eigenvalue weighted by molar-refractivity contribution is 7.74. The molecule has 6 aromatic rings. The van der Waals surface area contributed by atoms with Gasteiger partial charge in [0.25, 0.3) is 0 Å². The predicted molar refractivity (Wildman–Crippen MR) is 268 cm³/mol. The Morgan fingerprint density at radius 2 is 0.645 bits per heavy atom. The zero-order chi connectivity index (χ0) is 44.9. The molecule has 2 unspecified atom stereocenters. The zero-order valence-electron chi connectivity index (χ0n) is 39.7. The van der Waals surface area contributed by atoms with Gasteiger partial charge in [0, 0.05) is 11.3 Å². The molecule has 0 aromatic heterocycles. The molecule has 0 saturated carbocycles. The molecule has 0 N–H and O–H groups in total. The van der Waals surface area contributed by atoms with Crippen LogP contribution >= 0.6 is 15.8 Å². The Bertz CT molecular complexity index is 2100. The highest BCUT2D eigenvalue weighted by Gasteiger charge is 2.52. The fourth-order valence-corrected chi connectivity index (χ4v) is 18.1. The van der Waals surface area contributed by atoms with Gasteiger partial charge in [-0.3, -0.25) is 0 Å². The van der Waals surface area contributed by atoms with E-state index in [-0.39, 0.29) is 16.7 Å². The molecular formula is C56H68O4P2. The molecule has 0 fully saturated rings. The lowest BCUT2D eigenvalue weighted by molar-refractivity contribution is 0.226. The monoisotopic (exact) mass is 866 g/mol. The van der Waals surface area contributed by atoms with Crippen LogP contribution in [0.5, 0.6) is 23.0 Å². The summed E-state index contributed by atoms with van der Waals surface area (Å²) in [4.78, 5) is 0. The minimum atomic E-state index is -1.06. The third-order valence-corrected chi connectivity index (χ3v) is 18.8. The summed E-state index contributed by atoms with van der Waals surface area (Å²) in [5.74, 6) is 3.83. The molecule has 0 spiro atoms. The lowest BCUT2D eigenvalue weighted by atomic mass is 9.70. The van der Waals surface area contributed by atoms with Gasteiger partial charge in [-0.1, -0.05) is 80.9 Å². The molecule has 0 saturated heterocycles. The van der Waals surface area contributed by atoms with E-state index < -0.39 is 15.8 Å². The van der Waals surface area contributed by atoms with E-state index in [0.29, 0.717) is 0 Å². The highest BCUT2D eigenvalue weighted by atomic mass is 31.1. The maximum atomic E-state index is 6.03. The van der Waals surface area contributed by atoms with Crippen LogP contribution in [-0.2, 0) is 0 Å². The van der Waals surface area contributed by atoms with Gasteiger partial charge in [0.15, 0.2) is 0 Å². The predicted octanol–water partition coefficient (Wildman–Crippen LogP) is 13.4. The molecule has 0 radical (unpaired) electrons. The van der Waals surface area contributed by atoms with Crippen molar-refractivity contribution in [1.82, 2.24) is 0 Å². The smallest absolute Gasteiger partial charge is 0.124 e. The molecule has 6 rings (SSSR count). The van der Waals surface area contributed by atoms with E-state index in [1.807, 2.05) is 0 Å². The molecule has 0 aliphatic heterocycles. The Morgan fingerprint density at radius 3 is 0.839 bits per heavy atom. The number of hydrogen-bond donors (Lipinski definition) is 0. The summed E-state index contributed by atoms with van der Waals surface area (Å²) in [5.41, 5.74) is 12.0. The highest BCUT2D eigenvalue weighted by Crippen LogP contribution is 2.72. The first kappa shape index (κ1) is 46.9. The van der Waals surface area contributed by atoms with Crippen LogP contribution < -0.4 is 40.2 Å². The van der Waals surface area contributed by atoms with Gasteiger partial charge in [0.05, 0.1) is 28.4 Å². The van der Waals surface area contributed by atoms with Gasteiger partial charge in [-0.05, 0) is 215 Å². The maximum Gasteiger partial charge on any atom is 0.124 e. The standard InChI is InChI=1S/C56H68O4P2/c1-15-27-56(16-2,54(44-23-19-17-20-24-44)61(46-28-36(3)50(57-11)37(4)29-46)47-30-38(5)51(58-12)39(6)31-47)55(45-25-21-18-22-26-45)62(48-32-40(7)52(59-13)41(8)33-48)49-34-42(9)53(60-14)43(10)35-49/h17-26,28-35,54-55H,15-16,27H2,1-14H3. The van der Waals surface area contributed by atoms with Crippen molar-refractivity contribution in [3.8, 4) is 23.0 Å². The lowest BCUT2D eigenvalue weighted by Crippen LogP contribution is -2.39. The van der Waals surface area contributed by atoms with Crippen molar-refractivity contribution in [2.75, 3.05) is 28.4 Å². The molecular weight excluding hydrogens is 799 g/mol. The van der Waals surface area contributed by atoms with Crippen molar-refractivity contribution in [2.45, 2.75) is 99.8 Å². The van der Waals surface area contributed by atoms with Crippen LogP contribution in [0.15, 0.2) is 109 Å². The summed E-state index contributed by atoms with van der Waals surface area (Å²) in [6, 6.07) is 42.5. The first-order valence-electron chi connectivity index (χ1n) is 22.1. The van der Waals surface area contributed by atoms with E-state index in [4.69, 9.17) is 18.9 Å². The molecule has 0 bridgehead atoms. The van der Waals surface area contributed by atoms with Crippen LogP contribution in [0, 0.1) is 60.8 Å². The second-order valence-electron chi connectivity index (χ2n) is 17.2. The SMILES string of the molecule is CCCC(CC)(C(c1ccccc1)P(c1cc(C)c(OC)c(C)c1)c1cc(C)c(OC)c(C)c1)C(c1ccccc1)P(c1cc(C)c(OC)c(C)c1)c1cc(C)c(OC)c(C)c1. The zero-order valence-corrected chi connectivity index (χ0v) is 41.5. The van der Waals surface area contributed by atoms with Crippen LogP contribution in [-0.4, -0.2) is 28.4 Å². The summed E-state index contributed by atoms with van der Waals surface area (Å²) >= 11 is 0. The van der Waals surface area contributed by atoms with E-state index in [2.05, 4.69) is 178 Å². The third-order valence-electron chi connectivity index (χ3n) is 12.9. The van der Waals surface area contributed by atoms with Crippen molar-refractivity contribution in [3.63, 3.8) is 0 Å². The van der Waals surface area contributed by atoms with E-state index in [9.17, 15) is 0 Å². The van der Waals surface area contributed by atoms with Crippen molar-refractivity contribution in [3.05, 3.63) is 165 Å². The Labute approximate surface area is 375 Å². The van der Waals surface area contributed by atoms with Crippen LogP contribution in [0.1, 0.15) is 100 Å². The maximum absolute atomic E-state index is 6.03. The second kappa shape index (κ2) is 20.3. The quantitative estimate of drug-likeness (QED) is 0.0856. The summed E-state index contributed by atoms with van der Waals surface area (Å²) in [5, 5.41) is 5.47. The van der Waals surface area contributed by atoms with E-state index in [1.54, 1.807) is 28.4 Å². The Balaban J connectivity index is 1.84. The number of ether oxygens (including phenoxy) is 4. The number of benzene rings is 6. The second-order valence-corrected chi connectivity index (χ2v) is 21.7. The van der Waals surface area contributed by atoms with Gasteiger partial charge in [-0.25, -0.2) is 0 Å². The van der Waals surface area contributed by atoms with E-state index >= 15 is 0 Å². The van der Waals surface area contributed by atoms with E-state index in [1.165, 1.54) is 32.3 Å². The third kappa shape index (κ3) is 9.07. The van der Waals surface area contributed by atoms with Gasteiger partial charge in [0.2, 0.25) is 0 Å². The fraction of sp³-hybridized carbons (Fsp3) is 0.357. The molecule has 6 aromatic carbocycles. The molecule has 62 heavy (non-hydrogen) atoms. The molecule has 326 valence electrons. The van der Waals surface area contributed by atoms with Gasteiger partial charge in [0.1, 0.15) is 23.0 Å². The lowest BCUT2D eigenvalue weighted by Gasteiger charge is -2.53. The number of hydrogen-bond acceptors (Lipinski definition) is 4. The normalized spacial score (nSPS) is 13.5. The topological polar surface area (TPSA) is 36.9 Å². The Kier molecular flexibility index (Phi) is 15.3. The van der Waals surface area contributed by atoms with Crippen LogP contribution in [0.25, 0.3) is 0 Å². The summed E-state index contributed by atoms with van der Waals surface area (Å²) in [6.45, 7) is 22.5. The summed E-state index contributed by atoms with van der Waals surface area (Å²) < 4.78 is 24.1. The molecule has 2 atom stereocenters. The average molecular weight is 867 g/mol. The summed E-state index contributed by atoms with van der Waals surface area (Å²) in [6.07, 6.45) is 3.04. The van der Waals surface area contributed by atoms with Crippen LogP contribution in [0.2, 0.25) is 0 Å². The van der Waals surface area contributed by atoms with Gasteiger partial charge in [-0.2, -0.15) is 0 Å². The molecule has 4 nitrogen and oxygen atoms in total. The number of rotatable bonds is 17. The summed E-state index contributed by atoms with van der Waals surface area (Å²) in [7, 11) is 5.05. The molecule has 0 amide bonds. The van der Waals surface area contributed by atoms with Crippen molar-refractivity contribution in [2.24, 2.45) is 5.41 Å². The average Bonchev–Trinajstić information content (AvgIpc) is 3.24. The van der Waals surface area contributed by atoms with Crippen molar-refractivity contribution >= 4 is 37.1 Å². The van der Waals surface area contributed by atoms with Gasteiger partial charge >= 0.3 is 0 Å². The molecule has 6 heteroatoms. The largest absolute Gasteiger partial charge is 0.496 e. The molecule has 0 aliphatic carbocycles. The van der Waals surface area contributed by atoms with E-state index in [0.717, 1.165) is 86.8 Å².